The Kier molecular flexibility index (Phi) is 10.3. The minimum atomic E-state index is -0.993. The van der Waals surface area contributed by atoms with Gasteiger partial charge in [-0.3, -0.25) is 4.98 Å². The Balaban J connectivity index is 1.64. The monoisotopic (exact) mass is 637 g/mol. The number of benzene rings is 1. The zero-order valence-electron chi connectivity index (χ0n) is 28.6. The molecule has 1 aromatic carbocycles. The van der Waals surface area contributed by atoms with E-state index in [1.807, 2.05) is 62.8 Å². The number of esters is 1. The molecule has 0 saturated carbocycles. The first kappa shape index (κ1) is 34.0. The number of hydrogen-bond acceptors (Lipinski definition) is 8. The number of hydrogen-bond donors (Lipinski definition) is 0. The Morgan fingerprint density at radius 1 is 1.11 bits per heavy atom. The number of anilines is 1. The Morgan fingerprint density at radius 2 is 1.85 bits per heavy atom. The molecule has 0 spiro atoms. The number of methoxy groups -OCH3 is 1. The van der Waals surface area contributed by atoms with Crippen LogP contribution in [-0.4, -0.2) is 63.6 Å². The van der Waals surface area contributed by atoms with Gasteiger partial charge < -0.3 is 19.1 Å². The van der Waals surface area contributed by atoms with E-state index in [9.17, 15) is 4.79 Å². The van der Waals surface area contributed by atoms with E-state index >= 15 is 0 Å². The van der Waals surface area contributed by atoms with Gasteiger partial charge in [0.05, 0.1) is 36.2 Å². The SMILES string of the molecule is C=CCCc1ccncc1-c1cccc(-c2cc3nc(C)c(C(OC(C)(C)C)C(=O)OC)c(N4CCC(C)(OCC=C)CC4)n3n2)c1. The predicted molar refractivity (Wildman–Crippen MR) is 187 cm³/mol. The highest BCUT2D eigenvalue weighted by molar-refractivity contribution is 5.81. The first-order chi connectivity index (χ1) is 22.5. The molecule has 47 heavy (non-hydrogen) atoms. The summed E-state index contributed by atoms with van der Waals surface area (Å²) in [6, 6.07) is 12.4. The lowest BCUT2D eigenvalue weighted by Crippen LogP contribution is -2.45. The number of aryl methyl sites for hydroxylation is 2. The van der Waals surface area contributed by atoms with Crippen LogP contribution in [0.4, 0.5) is 5.82 Å². The van der Waals surface area contributed by atoms with E-state index in [-0.39, 0.29) is 5.60 Å². The van der Waals surface area contributed by atoms with Crippen LogP contribution in [0.25, 0.3) is 28.0 Å². The molecule has 5 rings (SSSR count). The summed E-state index contributed by atoms with van der Waals surface area (Å²) < 4.78 is 19.7. The van der Waals surface area contributed by atoms with Crippen molar-refractivity contribution in [3.8, 4) is 22.4 Å². The van der Waals surface area contributed by atoms with Crippen LogP contribution in [0, 0.1) is 6.92 Å². The Bertz CT molecular complexity index is 1750. The summed E-state index contributed by atoms with van der Waals surface area (Å²) in [7, 11) is 1.38. The molecule has 0 amide bonds. The first-order valence-electron chi connectivity index (χ1n) is 16.3. The van der Waals surface area contributed by atoms with E-state index in [0.717, 1.165) is 53.9 Å². The summed E-state index contributed by atoms with van der Waals surface area (Å²) >= 11 is 0. The van der Waals surface area contributed by atoms with Crippen molar-refractivity contribution in [1.82, 2.24) is 19.6 Å². The van der Waals surface area contributed by atoms with Crippen molar-refractivity contribution in [1.29, 1.82) is 0 Å². The lowest BCUT2D eigenvalue weighted by atomic mass is 9.92. The highest BCUT2D eigenvalue weighted by Crippen LogP contribution is 2.39. The Morgan fingerprint density at radius 3 is 2.53 bits per heavy atom. The van der Waals surface area contributed by atoms with Crippen molar-refractivity contribution >= 4 is 17.4 Å². The second-order valence-electron chi connectivity index (χ2n) is 13.3. The number of fused-ring (bicyclic) bond motifs is 1. The molecule has 0 N–H and O–H groups in total. The Labute approximate surface area is 278 Å². The minimum Gasteiger partial charge on any atom is -0.467 e. The molecule has 4 aromatic rings. The lowest BCUT2D eigenvalue weighted by Gasteiger charge is -2.41. The van der Waals surface area contributed by atoms with Crippen molar-refractivity contribution in [2.24, 2.45) is 0 Å². The molecular formula is C38H47N5O4. The van der Waals surface area contributed by atoms with Crippen molar-refractivity contribution in [2.75, 3.05) is 31.7 Å². The number of carbonyl (C=O) groups excluding carboxylic acids is 1. The van der Waals surface area contributed by atoms with Gasteiger partial charge >= 0.3 is 5.97 Å². The maximum atomic E-state index is 13.4. The molecule has 1 aliphatic heterocycles. The zero-order valence-corrected chi connectivity index (χ0v) is 28.6. The summed E-state index contributed by atoms with van der Waals surface area (Å²) in [6.45, 7) is 19.4. The summed E-state index contributed by atoms with van der Waals surface area (Å²) in [5, 5.41) is 5.15. The molecule has 4 heterocycles. The van der Waals surface area contributed by atoms with Crippen molar-refractivity contribution < 1.29 is 19.0 Å². The third-order valence-electron chi connectivity index (χ3n) is 8.62. The van der Waals surface area contributed by atoms with E-state index in [1.54, 1.807) is 6.08 Å². The quantitative estimate of drug-likeness (QED) is 0.117. The fraction of sp³-hybridized carbons (Fsp3) is 0.421. The number of pyridine rings is 1. The molecule has 1 aliphatic rings. The average molecular weight is 638 g/mol. The van der Waals surface area contributed by atoms with Gasteiger partial charge in [0.15, 0.2) is 11.8 Å². The Hall–Kier alpha value is -4.34. The van der Waals surface area contributed by atoms with Crippen LogP contribution in [0.2, 0.25) is 0 Å². The molecule has 0 aliphatic carbocycles. The fourth-order valence-electron chi connectivity index (χ4n) is 6.15. The van der Waals surface area contributed by atoms with E-state index in [2.05, 4.69) is 54.2 Å². The van der Waals surface area contributed by atoms with Gasteiger partial charge in [-0.05, 0) is 83.6 Å². The number of aromatic nitrogens is 4. The molecule has 0 radical (unpaired) electrons. The average Bonchev–Trinajstić information content (AvgIpc) is 3.48. The highest BCUT2D eigenvalue weighted by Gasteiger charge is 2.38. The molecule has 3 aromatic heterocycles. The van der Waals surface area contributed by atoms with Crippen LogP contribution >= 0.6 is 0 Å². The fourth-order valence-corrected chi connectivity index (χ4v) is 6.15. The molecule has 1 atom stereocenters. The third-order valence-corrected chi connectivity index (χ3v) is 8.62. The summed E-state index contributed by atoms with van der Waals surface area (Å²) in [6.07, 6.45) is 9.85. The number of rotatable bonds is 12. The van der Waals surface area contributed by atoms with Gasteiger partial charge in [0.25, 0.3) is 0 Å². The molecule has 1 unspecified atom stereocenters. The summed E-state index contributed by atoms with van der Waals surface area (Å²) in [5.74, 6) is 0.296. The van der Waals surface area contributed by atoms with Crippen LogP contribution in [-0.2, 0) is 25.4 Å². The zero-order chi connectivity index (χ0) is 33.8. The van der Waals surface area contributed by atoms with Gasteiger partial charge in [-0.15, -0.1) is 13.2 Å². The van der Waals surface area contributed by atoms with Crippen LogP contribution in [0.3, 0.4) is 0 Å². The van der Waals surface area contributed by atoms with Gasteiger partial charge in [0, 0.05) is 48.4 Å². The number of nitrogens with zero attached hydrogens (tertiary/aromatic N) is 5. The van der Waals surface area contributed by atoms with Crippen LogP contribution < -0.4 is 4.90 Å². The van der Waals surface area contributed by atoms with Crippen LogP contribution in [0.15, 0.2) is 74.1 Å². The van der Waals surface area contributed by atoms with Crippen molar-refractivity contribution in [2.45, 2.75) is 77.6 Å². The van der Waals surface area contributed by atoms with Crippen molar-refractivity contribution in [3.63, 3.8) is 0 Å². The largest absolute Gasteiger partial charge is 0.467 e. The maximum absolute atomic E-state index is 13.4. The van der Waals surface area contributed by atoms with E-state index in [1.165, 1.54) is 12.7 Å². The highest BCUT2D eigenvalue weighted by atomic mass is 16.6. The van der Waals surface area contributed by atoms with Gasteiger partial charge in [0.1, 0.15) is 5.82 Å². The molecule has 9 heteroatoms. The molecule has 9 nitrogen and oxygen atoms in total. The van der Waals surface area contributed by atoms with Gasteiger partial charge in [-0.2, -0.15) is 9.61 Å². The smallest absolute Gasteiger partial charge is 0.339 e. The lowest BCUT2D eigenvalue weighted by molar-refractivity contribution is -0.164. The summed E-state index contributed by atoms with van der Waals surface area (Å²) in [4.78, 5) is 25.0. The number of carbonyl (C=O) groups is 1. The molecule has 248 valence electrons. The number of ether oxygens (including phenoxy) is 3. The topological polar surface area (TPSA) is 91.1 Å². The van der Waals surface area contributed by atoms with Crippen LogP contribution in [0.1, 0.15) is 69.9 Å². The maximum Gasteiger partial charge on any atom is 0.339 e. The summed E-state index contributed by atoms with van der Waals surface area (Å²) in [5.41, 5.74) is 6.23. The molecular weight excluding hydrogens is 590 g/mol. The van der Waals surface area contributed by atoms with Gasteiger partial charge in [0.2, 0.25) is 0 Å². The second-order valence-corrected chi connectivity index (χ2v) is 13.3. The predicted octanol–water partition coefficient (Wildman–Crippen LogP) is 7.48. The molecule has 1 saturated heterocycles. The van der Waals surface area contributed by atoms with E-state index in [0.29, 0.717) is 36.6 Å². The molecule has 0 bridgehead atoms. The van der Waals surface area contributed by atoms with E-state index < -0.39 is 17.7 Å². The van der Waals surface area contributed by atoms with E-state index in [4.69, 9.17) is 24.3 Å². The minimum absolute atomic E-state index is 0.276. The van der Waals surface area contributed by atoms with Crippen LogP contribution in [0.5, 0.6) is 0 Å². The first-order valence-corrected chi connectivity index (χ1v) is 16.3. The van der Waals surface area contributed by atoms with Crippen molar-refractivity contribution in [3.05, 3.63) is 90.9 Å². The number of piperidine rings is 1. The normalized spacial score (nSPS) is 15.4. The molecule has 1 fully saturated rings. The second kappa shape index (κ2) is 14.2. The third kappa shape index (κ3) is 7.63. The van der Waals surface area contributed by atoms with Gasteiger partial charge in [-0.25, -0.2) is 9.78 Å². The standard InChI is InChI=1S/C38H47N5O4/c1-9-11-13-27-16-19-39-25-30(27)28-14-12-15-29(23-28)31-24-32-40-26(3)33(34(36(44)45-8)47-37(4,5)6)35(43(32)41-31)42-20-17-38(7,18-21-42)46-22-10-2/h9-10,12,14-16,19,23-25,34H,1-2,11,13,17-18,20-22H2,3-8H3. The van der Waals surface area contributed by atoms with Gasteiger partial charge in [-0.1, -0.05) is 30.4 Å². The number of allylic oxidation sites excluding steroid dienone is 1.